The Kier molecular flexibility index (Phi) is 4.76. The summed E-state index contributed by atoms with van der Waals surface area (Å²) >= 11 is 1.58. The molecule has 0 spiro atoms. The molecule has 3 rings (SSSR count). The number of rotatable bonds is 5. The molecule has 2 heterocycles. The largest absolute Gasteiger partial charge is 0.332 e. The number of aromatic nitrogens is 3. The maximum atomic E-state index is 12.6. The number of amides is 1. The highest BCUT2D eigenvalue weighted by Crippen LogP contribution is 2.22. The average Bonchev–Trinajstić information content (AvgIpc) is 3.15. The molecule has 0 N–H and O–H groups in total. The number of nitrogens with zero attached hydrogens (tertiary/aromatic N) is 4. The van der Waals surface area contributed by atoms with Crippen LogP contribution < -0.4 is 0 Å². The topological polar surface area (TPSA) is 51.0 Å². The van der Waals surface area contributed by atoms with Crippen molar-refractivity contribution >= 4 is 33.5 Å². The molecule has 0 aliphatic heterocycles. The van der Waals surface area contributed by atoms with Gasteiger partial charge in [-0.2, -0.15) is 5.10 Å². The van der Waals surface area contributed by atoms with Gasteiger partial charge >= 0.3 is 0 Å². The molecule has 0 aliphatic carbocycles. The van der Waals surface area contributed by atoms with E-state index in [-0.39, 0.29) is 11.9 Å². The number of thiazole rings is 1. The fourth-order valence-electron chi connectivity index (χ4n) is 2.46. The van der Waals surface area contributed by atoms with Gasteiger partial charge in [0.1, 0.15) is 5.01 Å². The molecule has 1 amide bonds. The van der Waals surface area contributed by atoms with E-state index in [9.17, 15) is 4.79 Å². The van der Waals surface area contributed by atoms with Gasteiger partial charge in [-0.05, 0) is 32.1 Å². The molecule has 2 aromatic heterocycles. The van der Waals surface area contributed by atoms with Crippen molar-refractivity contribution in [1.29, 1.82) is 0 Å². The zero-order valence-corrected chi connectivity index (χ0v) is 14.8. The minimum Gasteiger partial charge on any atom is -0.332 e. The maximum Gasteiger partial charge on any atom is 0.247 e. The van der Waals surface area contributed by atoms with Gasteiger partial charge in [-0.1, -0.05) is 12.1 Å². The third kappa shape index (κ3) is 3.71. The molecule has 0 bridgehead atoms. The van der Waals surface area contributed by atoms with Gasteiger partial charge in [0, 0.05) is 37.5 Å². The summed E-state index contributed by atoms with van der Waals surface area (Å²) in [5, 5.41) is 5.00. The van der Waals surface area contributed by atoms with E-state index in [1.165, 1.54) is 0 Å². The lowest BCUT2D eigenvalue weighted by atomic mass is 10.2. The van der Waals surface area contributed by atoms with E-state index in [2.05, 4.69) is 10.1 Å². The van der Waals surface area contributed by atoms with Gasteiger partial charge in [-0.3, -0.25) is 9.48 Å². The third-order valence-corrected chi connectivity index (χ3v) is 4.70. The number of carbonyl (C=O) groups is 1. The Hall–Kier alpha value is -2.47. The van der Waals surface area contributed by atoms with Crippen LogP contribution in [-0.4, -0.2) is 31.6 Å². The first-order valence-electron chi connectivity index (χ1n) is 7.84. The van der Waals surface area contributed by atoms with Gasteiger partial charge in [0.2, 0.25) is 5.91 Å². The number of hydrogen-bond acceptors (Lipinski definition) is 4. The predicted octanol–water partition coefficient (Wildman–Crippen LogP) is 3.48. The first-order valence-corrected chi connectivity index (χ1v) is 8.66. The van der Waals surface area contributed by atoms with Crippen molar-refractivity contribution in [3.63, 3.8) is 0 Å². The molecule has 0 saturated heterocycles. The monoisotopic (exact) mass is 340 g/mol. The van der Waals surface area contributed by atoms with E-state index in [0.29, 0.717) is 6.54 Å². The fourth-order valence-corrected chi connectivity index (χ4v) is 3.34. The molecular weight excluding hydrogens is 320 g/mol. The van der Waals surface area contributed by atoms with E-state index in [4.69, 9.17) is 0 Å². The van der Waals surface area contributed by atoms with E-state index >= 15 is 0 Å². The van der Waals surface area contributed by atoms with Crippen LogP contribution in [0.2, 0.25) is 0 Å². The molecule has 0 unspecified atom stereocenters. The van der Waals surface area contributed by atoms with Crippen LogP contribution in [0.4, 0.5) is 0 Å². The SMILES string of the molecule is CC(C)N(Cc1cnn(C)c1)C(=O)/C=C/c1nc2ccccc2s1. The second-order valence-corrected chi connectivity index (χ2v) is 7.00. The van der Waals surface area contributed by atoms with Crippen molar-refractivity contribution < 1.29 is 4.79 Å². The van der Waals surface area contributed by atoms with E-state index in [0.717, 1.165) is 20.8 Å². The Morgan fingerprint density at radius 2 is 2.17 bits per heavy atom. The summed E-state index contributed by atoms with van der Waals surface area (Å²) in [6.45, 7) is 4.58. The van der Waals surface area contributed by atoms with Crippen LogP contribution in [-0.2, 0) is 18.4 Å². The van der Waals surface area contributed by atoms with Crippen LogP contribution in [0, 0.1) is 0 Å². The normalized spacial score (nSPS) is 11.7. The molecule has 0 fully saturated rings. The zero-order valence-electron chi connectivity index (χ0n) is 14.0. The standard InChI is InChI=1S/C18H20N4OS/c1-13(2)22(12-14-10-19-21(3)11-14)18(23)9-8-17-20-15-6-4-5-7-16(15)24-17/h4-11,13H,12H2,1-3H3/b9-8+. The van der Waals surface area contributed by atoms with Crippen LogP contribution in [0.1, 0.15) is 24.4 Å². The van der Waals surface area contributed by atoms with Crippen LogP contribution >= 0.6 is 11.3 Å². The Morgan fingerprint density at radius 3 is 2.83 bits per heavy atom. The molecule has 0 saturated carbocycles. The summed E-state index contributed by atoms with van der Waals surface area (Å²) in [4.78, 5) is 18.9. The second-order valence-electron chi connectivity index (χ2n) is 5.94. The van der Waals surface area contributed by atoms with Gasteiger partial charge in [0.25, 0.3) is 0 Å². The van der Waals surface area contributed by atoms with Crippen molar-refractivity contribution in [1.82, 2.24) is 19.7 Å². The first-order chi connectivity index (χ1) is 11.5. The van der Waals surface area contributed by atoms with Gasteiger partial charge in [0.15, 0.2) is 0 Å². The first kappa shape index (κ1) is 16.4. The smallest absolute Gasteiger partial charge is 0.247 e. The summed E-state index contributed by atoms with van der Waals surface area (Å²) in [5.74, 6) is -0.0203. The lowest BCUT2D eigenvalue weighted by Crippen LogP contribution is -2.35. The molecule has 6 heteroatoms. The number of para-hydroxylation sites is 1. The molecule has 24 heavy (non-hydrogen) atoms. The Balaban J connectivity index is 1.74. The second kappa shape index (κ2) is 6.97. The zero-order chi connectivity index (χ0) is 17.1. The van der Waals surface area contributed by atoms with Gasteiger partial charge in [-0.15, -0.1) is 11.3 Å². The number of carbonyl (C=O) groups excluding carboxylic acids is 1. The van der Waals surface area contributed by atoms with Crippen molar-refractivity contribution in [2.75, 3.05) is 0 Å². The summed E-state index contributed by atoms with van der Waals surface area (Å²) in [7, 11) is 1.87. The minimum atomic E-state index is -0.0203. The van der Waals surface area contributed by atoms with Gasteiger partial charge in [-0.25, -0.2) is 4.98 Å². The summed E-state index contributed by atoms with van der Waals surface area (Å²) in [6.07, 6.45) is 7.12. The highest BCUT2D eigenvalue weighted by atomic mass is 32.1. The van der Waals surface area contributed by atoms with Crippen molar-refractivity contribution in [2.45, 2.75) is 26.4 Å². The van der Waals surface area contributed by atoms with E-state index in [1.807, 2.05) is 56.3 Å². The van der Waals surface area contributed by atoms with Crippen molar-refractivity contribution in [2.24, 2.45) is 7.05 Å². The predicted molar refractivity (Wildman–Crippen MR) is 97.5 cm³/mol. The Labute approximate surface area is 145 Å². The lowest BCUT2D eigenvalue weighted by molar-refractivity contribution is -0.128. The molecule has 0 radical (unpaired) electrons. The summed E-state index contributed by atoms with van der Waals surface area (Å²) in [5.41, 5.74) is 1.98. The van der Waals surface area contributed by atoms with Crippen LogP contribution in [0.3, 0.4) is 0 Å². The quantitative estimate of drug-likeness (QED) is 0.668. The minimum absolute atomic E-state index is 0.0203. The molecular formula is C18H20N4OS. The molecule has 124 valence electrons. The highest BCUT2D eigenvalue weighted by molar-refractivity contribution is 7.19. The molecule has 5 nitrogen and oxygen atoms in total. The van der Waals surface area contributed by atoms with Gasteiger partial charge in [0.05, 0.1) is 16.4 Å². The van der Waals surface area contributed by atoms with Crippen molar-refractivity contribution in [3.05, 3.63) is 53.3 Å². The van der Waals surface area contributed by atoms with Gasteiger partial charge < -0.3 is 4.90 Å². The summed E-state index contributed by atoms with van der Waals surface area (Å²) in [6, 6.07) is 8.09. The number of fused-ring (bicyclic) bond motifs is 1. The average molecular weight is 340 g/mol. The number of aryl methyl sites for hydroxylation is 1. The number of benzene rings is 1. The van der Waals surface area contributed by atoms with Crippen LogP contribution in [0.25, 0.3) is 16.3 Å². The van der Waals surface area contributed by atoms with E-state index in [1.54, 1.807) is 34.4 Å². The Bertz CT molecular complexity index is 845. The maximum absolute atomic E-state index is 12.6. The Morgan fingerprint density at radius 1 is 1.38 bits per heavy atom. The molecule has 1 aromatic carbocycles. The molecule has 3 aromatic rings. The van der Waals surface area contributed by atoms with Crippen LogP contribution in [0.15, 0.2) is 42.7 Å². The number of hydrogen-bond donors (Lipinski definition) is 0. The van der Waals surface area contributed by atoms with E-state index < -0.39 is 0 Å². The van der Waals surface area contributed by atoms with Crippen LogP contribution in [0.5, 0.6) is 0 Å². The molecule has 0 atom stereocenters. The summed E-state index contributed by atoms with van der Waals surface area (Å²) < 4.78 is 2.87. The molecule has 0 aliphatic rings. The van der Waals surface area contributed by atoms with Crippen molar-refractivity contribution in [3.8, 4) is 0 Å². The highest BCUT2D eigenvalue weighted by Gasteiger charge is 2.16. The fraction of sp³-hybridized carbons (Fsp3) is 0.278. The lowest BCUT2D eigenvalue weighted by Gasteiger charge is -2.24. The third-order valence-electron chi connectivity index (χ3n) is 3.70.